The molecule has 0 atom stereocenters. The zero-order valence-electron chi connectivity index (χ0n) is 18.2. The van der Waals surface area contributed by atoms with Crippen LogP contribution in [0.5, 0.6) is 11.5 Å². The monoisotopic (exact) mass is 471 g/mol. The fourth-order valence-corrected chi connectivity index (χ4v) is 3.97. The molecule has 172 valence electrons. The van der Waals surface area contributed by atoms with E-state index in [0.717, 1.165) is 5.56 Å². The Kier molecular flexibility index (Phi) is 6.50. The van der Waals surface area contributed by atoms with Gasteiger partial charge in [-0.2, -0.15) is 4.98 Å². The molecule has 0 saturated carbocycles. The lowest BCUT2D eigenvalue weighted by atomic mass is 10.2. The van der Waals surface area contributed by atoms with Crippen LogP contribution in [0.2, 0.25) is 5.02 Å². The first-order valence-electron chi connectivity index (χ1n) is 10.3. The fourth-order valence-electron chi connectivity index (χ4n) is 3.65. The van der Waals surface area contributed by atoms with Crippen LogP contribution in [0.4, 0.5) is 16.2 Å². The molecule has 1 fully saturated rings. The number of carbonyl (C=O) groups is 1. The molecule has 0 aliphatic carbocycles. The smallest absolute Gasteiger partial charge is 0.246 e. The number of nitrogens with two attached hydrogens (primary N) is 1. The normalized spacial score (nSPS) is 14.2. The van der Waals surface area contributed by atoms with Crippen LogP contribution >= 0.6 is 11.6 Å². The van der Waals surface area contributed by atoms with E-state index in [4.69, 9.17) is 26.8 Å². The number of ether oxygens (including phenoxy) is 2. The molecule has 1 aliphatic heterocycles. The van der Waals surface area contributed by atoms with Crippen molar-refractivity contribution in [1.82, 2.24) is 14.9 Å². The highest BCUT2D eigenvalue weighted by atomic mass is 35.5. The first kappa shape index (κ1) is 22.6. The Morgan fingerprint density at radius 3 is 2.45 bits per heavy atom. The van der Waals surface area contributed by atoms with Gasteiger partial charge in [-0.25, -0.2) is 9.37 Å². The van der Waals surface area contributed by atoms with E-state index in [1.807, 2.05) is 4.90 Å². The van der Waals surface area contributed by atoms with Crippen molar-refractivity contribution < 1.29 is 18.7 Å². The molecule has 0 bridgehead atoms. The maximum absolute atomic E-state index is 13.0. The number of rotatable bonds is 5. The summed E-state index contributed by atoms with van der Waals surface area (Å²) in [6.45, 7) is 2.05. The predicted molar refractivity (Wildman–Crippen MR) is 126 cm³/mol. The number of amides is 1. The number of piperazine rings is 1. The van der Waals surface area contributed by atoms with E-state index in [9.17, 15) is 9.18 Å². The number of methoxy groups -OCH3 is 2. The van der Waals surface area contributed by atoms with E-state index in [2.05, 4.69) is 9.97 Å². The first-order valence-corrected chi connectivity index (χ1v) is 10.6. The SMILES string of the molecule is COc1cc2c(N)nc(N3CCN(C(=O)/C=C/c4ccc(F)cc4)CC3)nc2c(Cl)c1OC. The van der Waals surface area contributed by atoms with Crippen molar-refractivity contribution in [3.63, 3.8) is 0 Å². The van der Waals surface area contributed by atoms with Gasteiger partial charge in [0.2, 0.25) is 11.9 Å². The molecule has 0 radical (unpaired) electrons. The lowest BCUT2D eigenvalue weighted by Gasteiger charge is -2.34. The van der Waals surface area contributed by atoms with Gasteiger partial charge in [-0.1, -0.05) is 23.7 Å². The molecule has 2 heterocycles. The van der Waals surface area contributed by atoms with Gasteiger partial charge in [0.05, 0.1) is 14.2 Å². The second kappa shape index (κ2) is 9.50. The molecule has 10 heteroatoms. The topological polar surface area (TPSA) is 93.8 Å². The molecule has 1 amide bonds. The number of anilines is 2. The molecule has 3 aromatic rings. The maximum atomic E-state index is 13.0. The van der Waals surface area contributed by atoms with Crippen molar-refractivity contribution in [3.8, 4) is 11.5 Å². The van der Waals surface area contributed by atoms with Gasteiger partial charge in [-0.15, -0.1) is 0 Å². The third-order valence-corrected chi connectivity index (χ3v) is 5.81. The van der Waals surface area contributed by atoms with Crippen LogP contribution < -0.4 is 20.1 Å². The number of halogens is 2. The predicted octanol–water partition coefficient (Wildman–Crippen LogP) is 3.38. The van der Waals surface area contributed by atoms with E-state index in [0.29, 0.717) is 59.6 Å². The van der Waals surface area contributed by atoms with Crippen LogP contribution in [-0.2, 0) is 4.79 Å². The van der Waals surface area contributed by atoms with Crippen LogP contribution in [0, 0.1) is 5.82 Å². The summed E-state index contributed by atoms with van der Waals surface area (Å²) < 4.78 is 23.7. The molecule has 1 aliphatic rings. The number of fused-ring (bicyclic) bond motifs is 1. The molecule has 0 unspecified atom stereocenters. The highest BCUT2D eigenvalue weighted by Crippen LogP contribution is 2.41. The zero-order chi connectivity index (χ0) is 23.5. The van der Waals surface area contributed by atoms with Gasteiger partial charge in [0.1, 0.15) is 22.2 Å². The van der Waals surface area contributed by atoms with Crippen molar-refractivity contribution >= 4 is 46.3 Å². The average molecular weight is 472 g/mol. The summed E-state index contributed by atoms with van der Waals surface area (Å²) in [6.07, 6.45) is 3.16. The Hall–Kier alpha value is -3.59. The molecule has 1 aromatic heterocycles. The van der Waals surface area contributed by atoms with Gasteiger partial charge >= 0.3 is 0 Å². The van der Waals surface area contributed by atoms with Crippen molar-refractivity contribution in [2.24, 2.45) is 0 Å². The van der Waals surface area contributed by atoms with Crippen molar-refractivity contribution in [1.29, 1.82) is 0 Å². The quantitative estimate of drug-likeness (QED) is 0.570. The fraction of sp³-hybridized carbons (Fsp3) is 0.261. The molecule has 0 spiro atoms. The molecule has 8 nitrogen and oxygen atoms in total. The van der Waals surface area contributed by atoms with E-state index < -0.39 is 0 Å². The Bertz CT molecular complexity index is 1210. The summed E-state index contributed by atoms with van der Waals surface area (Å²) in [4.78, 5) is 25.3. The van der Waals surface area contributed by atoms with E-state index in [1.54, 1.807) is 29.2 Å². The Morgan fingerprint density at radius 2 is 1.82 bits per heavy atom. The van der Waals surface area contributed by atoms with Gasteiger partial charge in [0.25, 0.3) is 0 Å². The zero-order valence-corrected chi connectivity index (χ0v) is 19.0. The summed E-state index contributed by atoms with van der Waals surface area (Å²) in [6, 6.07) is 7.65. The second-order valence-corrected chi connectivity index (χ2v) is 7.81. The standard InChI is InChI=1S/C23H23ClFN5O3/c1-32-17-13-16-20(19(24)21(17)33-2)27-23(28-22(16)26)30-11-9-29(10-12-30)18(31)8-5-14-3-6-15(25)7-4-14/h3-8,13H,9-12H2,1-2H3,(H2,26,27,28)/b8-5+. The Labute approximate surface area is 195 Å². The van der Waals surface area contributed by atoms with Crippen LogP contribution in [0.15, 0.2) is 36.4 Å². The molecule has 2 aromatic carbocycles. The molecule has 1 saturated heterocycles. The van der Waals surface area contributed by atoms with E-state index in [-0.39, 0.29) is 17.5 Å². The van der Waals surface area contributed by atoms with E-state index in [1.165, 1.54) is 32.4 Å². The molecule has 4 rings (SSSR count). The minimum atomic E-state index is -0.315. The largest absolute Gasteiger partial charge is 0.493 e. The third kappa shape index (κ3) is 4.63. The molecular weight excluding hydrogens is 449 g/mol. The lowest BCUT2D eigenvalue weighted by Crippen LogP contribution is -2.48. The number of hydrogen-bond acceptors (Lipinski definition) is 7. The molecular formula is C23H23ClFN5O3. The van der Waals surface area contributed by atoms with Gasteiger partial charge in [0.15, 0.2) is 11.5 Å². The number of hydrogen-bond donors (Lipinski definition) is 1. The van der Waals surface area contributed by atoms with Gasteiger partial charge < -0.3 is 25.0 Å². The van der Waals surface area contributed by atoms with Crippen LogP contribution in [0.1, 0.15) is 5.56 Å². The highest BCUT2D eigenvalue weighted by Gasteiger charge is 2.24. The van der Waals surface area contributed by atoms with Gasteiger partial charge in [-0.05, 0) is 29.8 Å². The van der Waals surface area contributed by atoms with Crippen molar-refractivity contribution in [2.45, 2.75) is 0 Å². The van der Waals surface area contributed by atoms with Crippen LogP contribution in [0.3, 0.4) is 0 Å². The summed E-state index contributed by atoms with van der Waals surface area (Å²) in [5, 5.41) is 0.864. The minimum Gasteiger partial charge on any atom is -0.493 e. The Balaban J connectivity index is 1.49. The number of benzene rings is 2. The summed E-state index contributed by atoms with van der Waals surface area (Å²) in [5.41, 5.74) is 7.42. The van der Waals surface area contributed by atoms with Crippen LogP contribution in [-0.4, -0.2) is 61.2 Å². The maximum Gasteiger partial charge on any atom is 0.246 e. The number of carbonyl (C=O) groups excluding carboxylic acids is 1. The second-order valence-electron chi connectivity index (χ2n) is 7.43. The van der Waals surface area contributed by atoms with Gasteiger partial charge in [0, 0.05) is 37.6 Å². The molecule has 2 N–H and O–H groups in total. The van der Waals surface area contributed by atoms with E-state index >= 15 is 0 Å². The Morgan fingerprint density at radius 1 is 1.12 bits per heavy atom. The lowest BCUT2D eigenvalue weighted by molar-refractivity contribution is -0.126. The summed E-state index contributed by atoms with van der Waals surface area (Å²) in [5.74, 6) is 1.10. The average Bonchev–Trinajstić information content (AvgIpc) is 2.83. The van der Waals surface area contributed by atoms with Gasteiger partial charge in [-0.3, -0.25) is 4.79 Å². The number of aromatic nitrogens is 2. The number of nitrogens with zero attached hydrogens (tertiary/aromatic N) is 4. The summed E-state index contributed by atoms with van der Waals surface area (Å²) in [7, 11) is 3.02. The highest BCUT2D eigenvalue weighted by molar-refractivity contribution is 6.37. The minimum absolute atomic E-state index is 0.113. The van der Waals surface area contributed by atoms with Crippen molar-refractivity contribution in [2.75, 3.05) is 51.0 Å². The number of nitrogen functional groups attached to an aromatic ring is 1. The first-order chi connectivity index (χ1) is 15.9. The molecule has 33 heavy (non-hydrogen) atoms. The third-order valence-electron chi connectivity index (χ3n) is 5.46. The van der Waals surface area contributed by atoms with Crippen molar-refractivity contribution in [3.05, 3.63) is 52.8 Å². The summed E-state index contributed by atoms with van der Waals surface area (Å²) >= 11 is 6.52. The van der Waals surface area contributed by atoms with Crippen LogP contribution in [0.25, 0.3) is 17.0 Å².